The number of aromatic nitrogens is 1. The van der Waals surface area contributed by atoms with Crippen LogP contribution in [0.2, 0.25) is 0 Å². The zero-order valence-corrected chi connectivity index (χ0v) is 18.3. The summed E-state index contributed by atoms with van der Waals surface area (Å²) in [6.45, 7) is -0.183. The van der Waals surface area contributed by atoms with Crippen LogP contribution in [0, 0.1) is 10.1 Å². The normalized spacial score (nSPS) is 10.6. The monoisotopic (exact) mass is 500 g/mol. The minimum Gasteiger partial charge on any atom is -0.493 e. The van der Waals surface area contributed by atoms with Crippen molar-refractivity contribution >= 4 is 33.7 Å². The van der Waals surface area contributed by atoms with E-state index in [9.17, 15) is 14.9 Å². The fraction of sp³-hybridized carbons (Fsp3) is 0.0952. The Morgan fingerprint density at radius 1 is 1.19 bits per heavy atom. The molecule has 0 unspecified atom stereocenters. The molecule has 0 fully saturated rings. The van der Waals surface area contributed by atoms with Crippen molar-refractivity contribution in [3.05, 3.63) is 80.9 Å². The Balaban J connectivity index is 1.56. The summed E-state index contributed by atoms with van der Waals surface area (Å²) in [4.78, 5) is 25.9. The number of halogens is 1. The van der Waals surface area contributed by atoms with Gasteiger partial charge in [-0.15, -0.1) is 0 Å². The van der Waals surface area contributed by atoms with Gasteiger partial charge < -0.3 is 14.2 Å². The predicted molar refractivity (Wildman–Crippen MR) is 119 cm³/mol. The molecule has 3 aromatic rings. The highest BCUT2D eigenvalue weighted by Crippen LogP contribution is 2.31. The molecule has 0 spiro atoms. The number of hydrogen-bond acceptors (Lipinski definition) is 8. The molecular formula is C21H17BrN4O6. The van der Waals surface area contributed by atoms with E-state index in [2.05, 4.69) is 31.4 Å². The quantitative estimate of drug-likeness (QED) is 0.266. The molecule has 1 N–H and O–H groups in total. The maximum atomic E-state index is 11.9. The van der Waals surface area contributed by atoms with Crippen LogP contribution in [-0.4, -0.2) is 35.7 Å². The zero-order valence-electron chi connectivity index (χ0n) is 16.7. The number of nitrogens with zero attached hydrogens (tertiary/aromatic N) is 3. The Hall–Kier alpha value is -3.99. The summed E-state index contributed by atoms with van der Waals surface area (Å²) in [5.41, 5.74) is 2.88. The van der Waals surface area contributed by atoms with Crippen LogP contribution >= 0.6 is 15.9 Å². The topological polar surface area (TPSA) is 125 Å². The third kappa shape index (κ3) is 6.51. The van der Waals surface area contributed by atoms with E-state index in [1.807, 2.05) is 12.1 Å². The molecule has 3 rings (SSSR count). The minimum absolute atomic E-state index is 0.139. The van der Waals surface area contributed by atoms with Crippen molar-refractivity contribution < 1.29 is 23.9 Å². The smallest absolute Gasteiger partial charge is 0.287 e. The summed E-state index contributed by atoms with van der Waals surface area (Å²) in [6, 6.07) is 14.7. The first-order chi connectivity index (χ1) is 15.4. The van der Waals surface area contributed by atoms with Crippen LogP contribution in [0.4, 0.5) is 5.69 Å². The van der Waals surface area contributed by atoms with Crippen molar-refractivity contribution in [1.82, 2.24) is 10.4 Å². The van der Waals surface area contributed by atoms with E-state index in [1.165, 1.54) is 25.5 Å². The lowest BCUT2D eigenvalue weighted by Crippen LogP contribution is -2.24. The molecule has 1 aromatic heterocycles. The molecular weight excluding hydrogens is 484 g/mol. The maximum absolute atomic E-state index is 11.9. The number of hydrogen-bond donors (Lipinski definition) is 1. The molecule has 0 aliphatic rings. The van der Waals surface area contributed by atoms with Gasteiger partial charge in [-0.2, -0.15) is 5.10 Å². The lowest BCUT2D eigenvalue weighted by atomic mass is 10.2. The number of methoxy groups -OCH3 is 1. The van der Waals surface area contributed by atoms with Gasteiger partial charge in [-0.1, -0.05) is 15.9 Å². The number of nitro groups is 1. The van der Waals surface area contributed by atoms with Gasteiger partial charge in [-0.3, -0.25) is 14.9 Å². The first-order valence-electron chi connectivity index (χ1n) is 9.11. The van der Waals surface area contributed by atoms with Gasteiger partial charge >= 0.3 is 0 Å². The average Bonchev–Trinajstić information content (AvgIpc) is 2.80. The van der Waals surface area contributed by atoms with Gasteiger partial charge in [0.1, 0.15) is 11.9 Å². The van der Waals surface area contributed by atoms with Gasteiger partial charge in [0.2, 0.25) is 5.88 Å². The van der Waals surface area contributed by atoms with Crippen LogP contribution in [0.5, 0.6) is 23.1 Å². The Kier molecular flexibility index (Phi) is 7.70. The minimum atomic E-state index is -0.544. The molecule has 10 nitrogen and oxygen atoms in total. The van der Waals surface area contributed by atoms with Gasteiger partial charge in [0.15, 0.2) is 18.1 Å². The Bertz CT molecular complexity index is 1120. The second-order valence-electron chi connectivity index (χ2n) is 6.16. The van der Waals surface area contributed by atoms with E-state index in [1.54, 1.807) is 30.3 Å². The highest BCUT2D eigenvalue weighted by atomic mass is 79.9. The molecule has 11 heteroatoms. The molecule has 0 atom stereocenters. The van der Waals surface area contributed by atoms with Crippen LogP contribution in [0.15, 0.2) is 70.4 Å². The lowest BCUT2D eigenvalue weighted by Gasteiger charge is -2.10. The molecule has 1 heterocycles. The molecule has 0 aliphatic heterocycles. The van der Waals surface area contributed by atoms with Crippen LogP contribution in [0.25, 0.3) is 0 Å². The number of rotatable bonds is 9. The zero-order chi connectivity index (χ0) is 22.9. The fourth-order valence-electron chi connectivity index (χ4n) is 2.39. The average molecular weight is 501 g/mol. The first kappa shape index (κ1) is 22.7. The molecule has 32 heavy (non-hydrogen) atoms. The largest absolute Gasteiger partial charge is 0.493 e. The third-order valence-electron chi connectivity index (χ3n) is 3.92. The van der Waals surface area contributed by atoms with E-state index in [0.717, 1.165) is 10.7 Å². The first-order valence-corrected chi connectivity index (χ1v) is 9.90. The van der Waals surface area contributed by atoms with E-state index in [-0.39, 0.29) is 18.2 Å². The number of nitrogens with one attached hydrogen (secondary N) is 1. The summed E-state index contributed by atoms with van der Waals surface area (Å²) in [6.07, 6.45) is 2.54. The molecule has 164 valence electrons. The predicted octanol–water partition coefficient (Wildman–Crippen LogP) is 4.08. The second-order valence-corrected chi connectivity index (χ2v) is 7.08. The van der Waals surface area contributed by atoms with Crippen molar-refractivity contribution in [2.24, 2.45) is 5.10 Å². The summed E-state index contributed by atoms with van der Waals surface area (Å²) >= 11 is 3.32. The number of carbonyl (C=O) groups excluding carboxylic acids is 1. The molecule has 0 radical (unpaired) electrons. The Morgan fingerprint density at radius 2 is 1.97 bits per heavy atom. The Morgan fingerprint density at radius 3 is 2.62 bits per heavy atom. The number of amides is 1. The van der Waals surface area contributed by atoms with E-state index >= 15 is 0 Å². The van der Waals surface area contributed by atoms with Crippen molar-refractivity contribution in [2.45, 2.75) is 0 Å². The SMILES string of the molecule is COc1cc(/C=N\NC(=O)COc2ccc(Br)cc2)ccc1Oc1ccc([N+](=O)[O-])cn1. The number of ether oxygens (including phenoxy) is 3. The molecule has 2 aromatic carbocycles. The lowest BCUT2D eigenvalue weighted by molar-refractivity contribution is -0.385. The van der Waals surface area contributed by atoms with Crippen LogP contribution < -0.4 is 19.6 Å². The number of carbonyl (C=O) groups is 1. The van der Waals surface area contributed by atoms with E-state index in [4.69, 9.17) is 14.2 Å². The molecule has 0 bridgehead atoms. The summed E-state index contributed by atoms with van der Waals surface area (Å²) in [7, 11) is 1.47. The number of hydrazone groups is 1. The Labute approximate surface area is 191 Å². The standard InChI is InChI=1S/C21H17BrN4O6/c1-30-19-10-14(2-8-18(19)32-21-9-5-16(12-23-21)26(28)29)11-24-25-20(27)13-31-17-6-3-15(22)4-7-17/h2-12H,13H2,1H3,(H,25,27)/b24-11-. The molecule has 0 saturated heterocycles. The van der Waals surface area contributed by atoms with E-state index < -0.39 is 10.8 Å². The maximum Gasteiger partial charge on any atom is 0.287 e. The highest BCUT2D eigenvalue weighted by molar-refractivity contribution is 9.10. The molecule has 0 saturated carbocycles. The van der Waals surface area contributed by atoms with Crippen molar-refractivity contribution in [1.29, 1.82) is 0 Å². The van der Waals surface area contributed by atoms with Gasteiger partial charge in [0.25, 0.3) is 11.6 Å². The van der Waals surface area contributed by atoms with Gasteiger partial charge in [0, 0.05) is 16.6 Å². The second kappa shape index (κ2) is 10.9. The molecule has 1 amide bonds. The summed E-state index contributed by atoms with van der Waals surface area (Å²) < 4.78 is 17.2. The third-order valence-corrected chi connectivity index (χ3v) is 4.45. The fourth-order valence-corrected chi connectivity index (χ4v) is 2.66. The van der Waals surface area contributed by atoms with Gasteiger partial charge in [-0.25, -0.2) is 10.4 Å². The van der Waals surface area contributed by atoms with Crippen molar-refractivity contribution in [2.75, 3.05) is 13.7 Å². The summed E-state index contributed by atoms with van der Waals surface area (Å²) in [5, 5.41) is 14.6. The van der Waals surface area contributed by atoms with E-state index in [0.29, 0.717) is 22.8 Å². The van der Waals surface area contributed by atoms with Crippen molar-refractivity contribution in [3.8, 4) is 23.1 Å². The number of pyridine rings is 1. The summed E-state index contributed by atoms with van der Waals surface area (Å²) in [5.74, 6) is 1.07. The van der Waals surface area contributed by atoms with Gasteiger partial charge in [0.05, 0.1) is 18.2 Å². The van der Waals surface area contributed by atoms with Crippen LogP contribution in [0.1, 0.15) is 5.56 Å². The van der Waals surface area contributed by atoms with Crippen LogP contribution in [-0.2, 0) is 4.79 Å². The number of benzene rings is 2. The molecule has 0 aliphatic carbocycles. The van der Waals surface area contributed by atoms with Gasteiger partial charge in [-0.05, 0) is 48.0 Å². The highest BCUT2D eigenvalue weighted by Gasteiger charge is 2.10. The van der Waals surface area contributed by atoms with Crippen LogP contribution in [0.3, 0.4) is 0 Å². The van der Waals surface area contributed by atoms with Crippen molar-refractivity contribution in [3.63, 3.8) is 0 Å².